The summed E-state index contributed by atoms with van der Waals surface area (Å²) in [5, 5.41) is 18.7. The van der Waals surface area contributed by atoms with Gasteiger partial charge in [-0.25, -0.2) is 0 Å². The van der Waals surface area contributed by atoms with E-state index >= 15 is 0 Å². The third-order valence-electron chi connectivity index (χ3n) is 3.11. The zero-order valence-corrected chi connectivity index (χ0v) is 9.48. The molecule has 1 aromatic carbocycles. The number of nitrogens with two attached hydrogens (primary N) is 1. The number of carbonyl (C=O) groups excluding carboxylic acids is 1. The quantitative estimate of drug-likeness (QED) is 0.857. The summed E-state index contributed by atoms with van der Waals surface area (Å²) < 4.78 is 0. The molecule has 1 aromatic rings. The van der Waals surface area contributed by atoms with Crippen molar-refractivity contribution >= 4 is 17.5 Å². The lowest BCUT2D eigenvalue weighted by Gasteiger charge is -1.99. The van der Waals surface area contributed by atoms with Crippen molar-refractivity contribution in [1.82, 2.24) is 0 Å². The highest BCUT2D eigenvalue weighted by molar-refractivity contribution is 6.30. The second kappa shape index (κ2) is 3.76. The Morgan fingerprint density at radius 2 is 1.82 bits per heavy atom. The lowest BCUT2D eigenvalue weighted by molar-refractivity contribution is -0.119. The second-order valence-corrected chi connectivity index (χ2v) is 4.44. The number of nitrogens with zero attached hydrogens (tertiary/aromatic N) is 2. The van der Waals surface area contributed by atoms with Crippen molar-refractivity contribution in [1.29, 1.82) is 10.5 Å². The molecule has 0 radical (unpaired) electrons. The molecule has 0 saturated heterocycles. The van der Waals surface area contributed by atoms with Crippen LogP contribution in [-0.2, 0) is 4.79 Å². The normalized spacial score (nSPS) is 24.4. The molecule has 2 N–H and O–H groups in total. The van der Waals surface area contributed by atoms with Crippen LogP contribution in [0.5, 0.6) is 0 Å². The Kier molecular flexibility index (Phi) is 2.53. The van der Waals surface area contributed by atoms with Crippen LogP contribution in [0, 0.1) is 34.0 Å². The molecular formula is C12H8ClN3O. The van der Waals surface area contributed by atoms with Gasteiger partial charge in [0.25, 0.3) is 0 Å². The van der Waals surface area contributed by atoms with Gasteiger partial charge in [-0.05, 0) is 17.7 Å². The lowest BCUT2D eigenvalue weighted by Crippen LogP contribution is -2.17. The number of benzene rings is 1. The highest BCUT2D eigenvalue weighted by Crippen LogP contribution is 2.64. The van der Waals surface area contributed by atoms with Gasteiger partial charge in [-0.2, -0.15) is 10.5 Å². The molecule has 4 nitrogen and oxygen atoms in total. The van der Waals surface area contributed by atoms with Gasteiger partial charge >= 0.3 is 0 Å². The van der Waals surface area contributed by atoms with Crippen LogP contribution in [0.1, 0.15) is 11.5 Å². The third kappa shape index (κ3) is 1.54. The monoisotopic (exact) mass is 245 g/mol. The van der Waals surface area contributed by atoms with Gasteiger partial charge in [0.1, 0.15) is 0 Å². The summed E-state index contributed by atoms with van der Waals surface area (Å²) in [6.45, 7) is 0. The van der Waals surface area contributed by atoms with Gasteiger partial charge in [-0.1, -0.05) is 23.7 Å². The molecule has 0 heterocycles. The van der Waals surface area contributed by atoms with Gasteiger partial charge in [-0.3, -0.25) is 4.79 Å². The summed E-state index contributed by atoms with van der Waals surface area (Å²) in [6, 6.07) is 10.5. The first kappa shape index (κ1) is 11.4. The Balaban J connectivity index is 2.41. The van der Waals surface area contributed by atoms with Crippen molar-refractivity contribution in [2.75, 3.05) is 0 Å². The third-order valence-corrected chi connectivity index (χ3v) is 3.36. The van der Waals surface area contributed by atoms with E-state index < -0.39 is 23.2 Å². The molecule has 1 saturated carbocycles. The maximum Gasteiger partial charge on any atom is 0.223 e. The molecule has 1 amide bonds. The van der Waals surface area contributed by atoms with Crippen LogP contribution in [0.2, 0.25) is 5.02 Å². The van der Waals surface area contributed by atoms with Crippen molar-refractivity contribution in [3.8, 4) is 12.1 Å². The first-order chi connectivity index (χ1) is 8.06. The summed E-state index contributed by atoms with van der Waals surface area (Å²) in [4.78, 5) is 11.2. The first-order valence-electron chi connectivity index (χ1n) is 4.94. The number of hydrogen-bond acceptors (Lipinski definition) is 3. The van der Waals surface area contributed by atoms with Crippen LogP contribution in [0.25, 0.3) is 0 Å². The molecule has 0 aliphatic heterocycles. The standard InChI is InChI=1S/C12H8ClN3O/c13-8-3-1-7(2-4-8)9-10(11(16)17)12(9,5-14)6-15/h1-4,9-10H,(H2,16,17). The number of rotatable bonds is 2. The number of hydrogen-bond donors (Lipinski definition) is 1. The minimum atomic E-state index is -1.32. The molecule has 2 rings (SSSR count). The average molecular weight is 246 g/mol. The second-order valence-electron chi connectivity index (χ2n) is 4.00. The maximum absolute atomic E-state index is 11.2. The van der Waals surface area contributed by atoms with Crippen LogP contribution in [-0.4, -0.2) is 5.91 Å². The van der Waals surface area contributed by atoms with E-state index in [0.717, 1.165) is 5.56 Å². The molecule has 1 aliphatic carbocycles. The zero-order chi connectivity index (χ0) is 12.6. The molecule has 0 spiro atoms. The Hall–Kier alpha value is -2.04. The van der Waals surface area contributed by atoms with Crippen molar-refractivity contribution in [3.05, 3.63) is 34.9 Å². The van der Waals surface area contributed by atoms with Gasteiger partial charge in [0, 0.05) is 10.9 Å². The van der Waals surface area contributed by atoms with Gasteiger partial charge < -0.3 is 5.73 Å². The minimum Gasteiger partial charge on any atom is -0.369 e. The van der Waals surface area contributed by atoms with E-state index in [4.69, 9.17) is 27.9 Å². The molecule has 1 aliphatic rings. The van der Waals surface area contributed by atoms with E-state index in [-0.39, 0.29) is 0 Å². The fourth-order valence-electron chi connectivity index (χ4n) is 2.21. The first-order valence-corrected chi connectivity index (χ1v) is 5.32. The topological polar surface area (TPSA) is 90.7 Å². The molecule has 1 fully saturated rings. The van der Waals surface area contributed by atoms with E-state index in [1.165, 1.54) is 0 Å². The van der Waals surface area contributed by atoms with E-state index in [0.29, 0.717) is 5.02 Å². The summed E-state index contributed by atoms with van der Waals surface area (Å²) in [5.74, 6) is -1.81. The fourth-order valence-corrected chi connectivity index (χ4v) is 2.33. The molecule has 0 aromatic heterocycles. The molecule has 2 unspecified atom stereocenters. The predicted molar refractivity (Wildman–Crippen MR) is 60.5 cm³/mol. The molecule has 5 heteroatoms. The fraction of sp³-hybridized carbons (Fsp3) is 0.250. The molecule has 17 heavy (non-hydrogen) atoms. The average Bonchev–Trinajstić information content (AvgIpc) is 3.00. The minimum absolute atomic E-state index is 0.452. The largest absolute Gasteiger partial charge is 0.369 e. The summed E-state index contributed by atoms with van der Waals surface area (Å²) in [7, 11) is 0. The summed E-state index contributed by atoms with van der Waals surface area (Å²) in [5.41, 5.74) is 4.63. The van der Waals surface area contributed by atoms with Crippen molar-refractivity contribution in [2.24, 2.45) is 17.1 Å². The van der Waals surface area contributed by atoms with Crippen LogP contribution in [0.15, 0.2) is 24.3 Å². The lowest BCUT2D eigenvalue weighted by atomic mass is 10.0. The maximum atomic E-state index is 11.2. The number of halogens is 1. The Morgan fingerprint density at radius 3 is 2.18 bits per heavy atom. The van der Waals surface area contributed by atoms with Crippen molar-refractivity contribution in [2.45, 2.75) is 5.92 Å². The van der Waals surface area contributed by atoms with E-state index in [2.05, 4.69) is 0 Å². The van der Waals surface area contributed by atoms with Crippen LogP contribution in [0.4, 0.5) is 0 Å². The van der Waals surface area contributed by atoms with E-state index in [1.807, 2.05) is 12.1 Å². The summed E-state index contributed by atoms with van der Waals surface area (Å²) >= 11 is 5.75. The molecule has 0 bridgehead atoms. The van der Waals surface area contributed by atoms with Gasteiger partial charge in [0.05, 0.1) is 18.1 Å². The van der Waals surface area contributed by atoms with Crippen LogP contribution < -0.4 is 5.73 Å². The van der Waals surface area contributed by atoms with Gasteiger partial charge in [0.15, 0.2) is 5.41 Å². The van der Waals surface area contributed by atoms with Crippen molar-refractivity contribution < 1.29 is 4.79 Å². The smallest absolute Gasteiger partial charge is 0.223 e. The number of primary amides is 1. The highest BCUT2D eigenvalue weighted by atomic mass is 35.5. The number of carbonyl (C=O) groups is 1. The Bertz CT molecular complexity index is 539. The molecular weight excluding hydrogens is 238 g/mol. The Labute approximate surface area is 103 Å². The zero-order valence-electron chi connectivity index (χ0n) is 8.72. The molecule has 2 atom stereocenters. The number of amides is 1. The van der Waals surface area contributed by atoms with Gasteiger partial charge in [0.2, 0.25) is 5.91 Å². The van der Waals surface area contributed by atoms with E-state index in [9.17, 15) is 4.79 Å². The SMILES string of the molecule is N#CC1(C#N)C(C(N)=O)C1c1ccc(Cl)cc1. The summed E-state index contributed by atoms with van der Waals surface area (Å²) in [6.07, 6.45) is 0. The highest BCUT2D eigenvalue weighted by Gasteiger charge is 2.70. The Morgan fingerprint density at radius 1 is 1.29 bits per heavy atom. The predicted octanol–water partition coefficient (Wildman–Crippen LogP) is 1.57. The molecule has 84 valence electrons. The van der Waals surface area contributed by atoms with Gasteiger partial charge in [-0.15, -0.1) is 0 Å². The number of nitriles is 2. The van der Waals surface area contributed by atoms with E-state index in [1.54, 1.807) is 24.3 Å². The van der Waals surface area contributed by atoms with Crippen LogP contribution in [0.3, 0.4) is 0 Å². The van der Waals surface area contributed by atoms with Crippen LogP contribution >= 0.6 is 11.6 Å². The van der Waals surface area contributed by atoms with Crippen molar-refractivity contribution in [3.63, 3.8) is 0 Å².